The first-order valence-corrected chi connectivity index (χ1v) is 9.34. The van der Waals surface area contributed by atoms with E-state index in [0.29, 0.717) is 0 Å². The molecule has 0 bridgehead atoms. The lowest BCUT2D eigenvalue weighted by Gasteiger charge is -2.07. The van der Waals surface area contributed by atoms with Gasteiger partial charge in [0, 0.05) is 5.75 Å². The Bertz CT molecular complexity index is 138. The van der Waals surface area contributed by atoms with Crippen LogP contribution >= 0.6 is 24.6 Å². The van der Waals surface area contributed by atoms with Crippen molar-refractivity contribution >= 4 is 24.6 Å². The fourth-order valence-electron chi connectivity index (χ4n) is 1.60. The van der Waals surface area contributed by atoms with Gasteiger partial charge in [0.15, 0.2) is 0 Å². The Labute approximate surface area is 132 Å². The van der Waals surface area contributed by atoms with E-state index in [1.807, 2.05) is 7.05 Å². The first-order chi connectivity index (χ1) is 9.18. The predicted molar refractivity (Wildman–Crippen MR) is 96.5 cm³/mol. The van der Waals surface area contributed by atoms with Crippen LogP contribution in [0.15, 0.2) is 0 Å². The summed E-state index contributed by atoms with van der Waals surface area (Å²) < 4.78 is 3.06. The Hall–Kier alpha value is 0.620. The van der Waals surface area contributed by atoms with Crippen molar-refractivity contribution in [3.8, 4) is 0 Å². The fraction of sp³-hybridized carbons (Fsp3) is 1.00. The third kappa shape index (κ3) is 27.7. The molecule has 0 saturated carbocycles. The predicted octanol–water partition coefficient (Wildman–Crippen LogP) is 4.47. The van der Waals surface area contributed by atoms with Crippen LogP contribution in [0.4, 0.5) is 0 Å². The minimum Gasteiger partial charge on any atom is -0.309 e. The molecule has 0 aliphatic heterocycles. The number of hydrogen-bond donors (Lipinski definition) is 2. The number of nitrogens with one attached hydrogen (secondary N) is 1. The van der Waals surface area contributed by atoms with Gasteiger partial charge >= 0.3 is 0 Å². The van der Waals surface area contributed by atoms with Crippen LogP contribution in [-0.4, -0.2) is 44.1 Å². The molecule has 0 fully saturated rings. The highest BCUT2D eigenvalue weighted by Crippen LogP contribution is 2.04. The van der Waals surface area contributed by atoms with E-state index < -0.39 is 0 Å². The van der Waals surface area contributed by atoms with Crippen LogP contribution in [0, 0.1) is 0 Å². The van der Waals surface area contributed by atoms with Crippen LogP contribution in [-0.2, 0) is 0 Å². The maximum Gasteiger partial charge on any atom is 0.00790 e. The lowest BCUT2D eigenvalue weighted by Crippen LogP contribution is -2.13. The van der Waals surface area contributed by atoms with Crippen LogP contribution in [0.1, 0.15) is 58.3 Å². The molecule has 0 aromatic carbocycles. The molecule has 0 aliphatic rings. The van der Waals surface area contributed by atoms with Crippen molar-refractivity contribution in [2.24, 2.45) is 0 Å². The first kappa shape index (κ1) is 21.9. The number of unbranched alkanes of at least 4 members (excludes halogenated alkanes) is 6. The first-order valence-electron chi connectivity index (χ1n) is 7.73. The van der Waals surface area contributed by atoms with Crippen molar-refractivity contribution < 1.29 is 0 Å². The van der Waals surface area contributed by atoms with Crippen molar-refractivity contribution in [1.82, 2.24) is 9.62 Å². The Morgan fingerprint density at radius 1 is 0.947 bits per heavy atom. The van der Waals surface area contributed by atoms with E-state index in [0.717, 1.165) is 5.75 Å². The Morgan fingerprint density at radius 2 is 1.58 bits per heavy atom. The van der Waals surface area contributed by atoms with Crippen molar-refractivity contribution in [2.45, 2.75) is 58.3 Å². The average Bonchev–Trinajstić information content (AvgIpc) is 2.39. The summed E-state index contributed by atoms with van der Waals surface area (Å²) in [6, 6.07) is 0. The molecule has 2 nitrogen and oxygen atoms in total. The minimum atomic E-state index is 1.06. The van der Waals surface area contributed by atoms with Crippen molar-refractivity contribution in [3.63, 3.8) is 0 Å². The highest BCUT2D eigenvalue weighted by Gasteiger charge is 1.90. The number of rotatable bonds is 12. The van der Waals surface area contributed by atoms with Gasteiger partial charge in [-0.2, -0.15) is 12.6 Å². The third-order valence-corrected chi connectivity index (χ3v) is 3.86. The fourth-order valence-corrected chi connectivity index (χ4v) is 2.37. The lowest BCUT2D eigenvalue weighted by molar-refractivity contribution is 0.399. The molecule has 0 rings (SSSR count). The molecule has 0 aliphatic carbocycles. The molecule has 0 aromatic heterocycles. The van der Waals surface area contributed by atoms with Gasteiger partial charge in [-0.15, -0.1) is 0 Å². The minimum absolute atomic E-state index is 1.06. The molecular formula is C15H36N2S2. The quantitative estimate of drug-likeness (QED) is 0.314. The summed E-state index contributed by atoms with van der Waals surface area (Å²) in [7, 11) is 6.20. The van der Waals surface area contributed by atoms with Gasteiger partial charge < -0.3 is 4.90 Å². The molecule has 0 unspecified atom stereocenters. The van der Waals surface area contributed by atoms with Crippen LogP contribution in [0.25, 0.3) is 0 Å². The zero-order valence-corrected chi connectivity index (χ0v) is 15.3. The lowest BCUT2D eigenvalue weighted by atomic mass is 10.1. The molecule has 1 N–H and O–H groups in total. The van der Waals surface area contributed by atoms with E-state index in [4.69, 9.17) is 0 Å². The smallest absolute Gasteiger partial charge is 0.00790 e. The number of nitrogens with zero attached hydrogens (tertiary/aromatic N) is 1. The van der Waals surface area contributed by atoms with E-state index in [1.165, 1.54) is 63.7 Å². The normalized spacial score (nSPS) is 10.4. The maximum absolute atomic E-state index is 4.15. The molecular weight excluding hydrogens is 272 g/mol. The monoisotopic (exact) mass is 308 g/mol. The molecule has 0 radical (unpaired) electrons. The van der Waals surface area contributed by atoms with Gasteiger partial charge in [0.05, 0.1) is 0 Å². The topological polar surface area (TPSA) is 15.3 Å². The molecule has 118 valence electrons. The summed E-state index contributed by atoms with van der Waals surface area (Å²) in [6.45, 7) is 3.46. The van der Waals surface area contributed by atoms with E-state index in [-0.39, 0.29) is 0 Å². The zero-order valence-electron chi connectivity index (χ0n) is 13.6. The summed E-state index contributed by atoms with van der Waals surface area (Å²) in [5.41, 5.74) is 0. The van der Waals surface area contributed by atoms with Crippen molar-refractivity contribution in [2.75, 3.05) is 39.2 Å². The zero-order chi connectivity index (χ0) is 14.8. The SMILES string of the molecule is CCCCCCCCS.CNSCCCCN(C)C. The van der Waals surface area contributed by atoms with Gasteiger partial charge in [0.2, 0.25) is 0 Å². The van der Waals surface area contributed by atoms with Gasteiger partial charge in [-0.1, -0.05) is 51.0 Å². The Morgan fingerprint density at radius 3 is 2.11 bits per heavy atom. The standard InChI is InChI=1S/C8H18S.C7H18N2S/c1-2-3-4-5-6-7-8-9;1-8-10-7-5-4-6-9(2)3/h9H,2-8H2,1H3;8H,4-7H2,1-3H3. The highest BCUT2D eigenvalue weighted by molar-refractivity contribution is 7.97. The van der Waals surface area contributed by atoms with E-state index in [1.54, 1.807) is 11.9 Å². The number of hydrogen-bond acceptors (Lipinski definition) is 4. The summed E-state index contributed by atoms with van der Waals surface area (Å²) in [6.07, 6.45) is 10.9. The van der Waals surface area contributed by atoms with Crippen LogP contribution in [0.2, 0.25) is 0 Å². The van der Waals surface area contributed by atoms with E-state index in [9.17, 15) is 0 Å². The van der Waals surface area contributed by atoms with Gasteiger partial charge in [0.1, 0.15) is 0 Å². The molecule has 4 heteroatoms. The Balaban J connectivity index is 0. The second kappa shape index (κ2) is 20.9. The van der Waals surface area contributed by atoms with Gasteiger partial charge in [0.25, 0.3) is 0 Å². The van der Waals surface area contributed by atoms with Crippen LogP contribution in [0.3, 0.4) is 0 Å². The highest BCUT2D eigenvalue weighted by atomic mass is 32.2. The summed E-state index contributed by atoms with van der Waals surface area (Å²) in [5, 5.41) is 0. The third-order valence-electron chi connectivity index (χ3n) is 2.76. The van der Waals surface area contributed by atoms with Crippen molar-refractivity contribution in [1.29, 1.82) is 0 Å². The van der Waals surface area contributed by atoms with E-state index in [2.05, 4.69) is 43.3 Å². The molecule has 0 spiro atoms. The Kier molecular flexibility index (Phi) is 24.1. The van der Waals surface area contributed by atoms with Crippen LogP contribution < -0.4 is 4.72 Å². The summed E-state index contributed by atoms with van der Waals surface area (Å²) in [4.78, 5) is 2.23. The molecule has 19 heavy (non-hydrogen) atoms. The van der Waals surface area contributed by atoms with Crippen molar-refractivity contribution in [3.05, 3.63) is 0 Å². The second-order valence-corrected chi connectivity index (χ2v) is 6.61. The maximum atomic E-state index is 4.15. The largest absolute Gasteiger partial charge is 0.309 e. The second-order valence-electron chi connectivity index (χ2n) is 5.05. The average molecular weight is 309 g/mol. The molecule has 0 saturated heterocycles. The molecule has 0 heterocycles. The van der Waals surface area contributed by atoms with Gasteiger partial charge in [-0.05, 0) is 52.7 Å². The summed E-state index contributed by atoms with van der Waals surface area (Å²) in [5.74, 6) is 2.29. The van der Waals surface area contributed by atoms with E-state index >= 15 is 0 Å². The summed E-state index contributed by atoms with van der Waals surface area (Å²) >= 11 is 5.94. The molecule has 0 amide bonds. The van der Waals surface area contributed by atoms with Gasteiger partial charge in [-0.3, -0.25) is 4.72 Å². The van der Waals surface area contributed by atoms with Gasteiger partial charge in [-0.25, -0.2) is 0 Å². The molecule has 0 atom stereocenters. The number of thiol groups is 1. The molecule has 0 aromatic rings. The van der Waals surface area contributed by atoms with Crippen LogP contribution in [0.5, 0.6) is 0 Å².